The van der Waals surface area contributed by atoms with Crippen LogP contribution in [0.25, 0.3) is 0 Å². The van der Waals surface area contributed by atoms with E-state index in [-0.39, 0.29) is 30.0 Å². The molecule has 116 valence electrons. The van der Waals surface area contributed by atoms with E-state index in [4.69, 9.17) is 5.73 Å². The Morgan fingerprint density at radius 1 is 1.41 bits per heavy atom. The molecule has 0 amide bonds. The molecule has 0 aliphatic carbocycles. The van der Waals surface area contributed by atoms with E-state index in [1.807, 2.05) is 18.2 Å². The monoisotopic (exact) mass is 304 g/mol. The molecule has 2 aromatic rings. The van der Waals surface area contributed by atoms with E-state index in [1.54, 1.807) is 6.20 Å². The van der Waals surface area contributed by atoms with Gasteiger partial charge in [0.05, 0.1) is 4.92 Å². The molecule has 2 aromatic heterocycles. The van der Waals surface area contributed by atoms with E-state index in [9.17, 15) is 15.2 Å². The highest BCUT2D eigenvalue weighted by Gasteiger charge is 2.15. The number of hydrogen-bond acceptors (Lipinski definition) is 8. The minimum Gasteiger partial charge on any atom is -0.396 e. The number of nitro groups is 1. The number of rotatable bonds is 7. The minimum absolute atomic E-state index is 0.0357. The van der Waals surface area contributed by atoms with Gasteiger partial charge >= 0.3 is 5.69 Å². The molecule has 0 saturated heterocycles. The summed E-state index contributed by atoms with van der Waals surface area (Å²) in [6.45, 7) is 0.358. The van der Waals surface area contributed by atoms with Gasteiger partial charge in [-0.1, -0.05) is 6.07 Å². The van der Waals surface area contributed by atoms with Crippen molar-refractivity contribution in [1.29, 1.82) is 0 Å². The average Bonchev–Trinajstić information content (AvgIpc) is 2.52. The van der Waals surface area contributed by atoms with Crippen molar-refractivity contribution in [2.24, 2.45) is 5.92 Å². The highest BCUT2D eigenvalue weighted by molar-refractivity contribution is 5.53. The summed E-state index contributed by atoms with van der Waals surface area (Å²) < 4.78 is 0. The van der Waals surface area contributed by atoms with Crippen LogP contribution in [0.4, 0.5) is 17.5 Å². The Morgan fingerprint density at radius 2 is 2.23 bits per heavy atom. The molecule has 0 spiro atoms. The van der Waals surface area contributed by atoms with Gasteiger partial charge < -0.3 is 16.2 Å². The molecule has 0 radical (unpaired) electrons. The van der Waals surface area contributed by atoms with Gasteiger partial charge in [0, 0.05) is 31.0 Å². The van der Waals surface area contributed by atoms with Crippen LogP contribution in [0.2, 0.25) is 0 Å². The van der Waals surface area contributed by atoms with Crippen LogP contribution >= 0.6 is 0 Å². The molecule has 4 N–H and O–H groups in total. The van der Waals surface area contributed by atoms with Crippen molar-refractivity contribution in [3.05, 3.63) is 46.4 Å². The topological polar surface area (TPSA) is 140 Å². The lowest BCUT2D eigenvalue weighted by Gasteiger charge is -2.14. The Labute approximate surface area is 126 Å². The fourth-order valence-corrected chi connectivity index (χ4v) is 1.87. The van der Waals surface area contributed by atoms with E-state index in [2.05, 4.69) is 20.3 Å². The van der Waals surface area contributed by atoms with Crippen LogP contribution in [-0.2, 0) is 6.42 Å². The molecule has 22 heavy (non-hydrogen) atoms. The first kappa shape index (κ1) is 15.6. The van der Waals surface area contributed by atoms with Crippen LogP contribution in [0.1, 0.15) is 5.69 Å². The van der Waals surface area contributed by atoms with Crippen molar-refractivity contribution in [1.82, 2.24) is 15.0 Å². The smallest absolute Gasteiger partial charge is 0.329 e. The summed E-state index contributed by atoms with van der Waals surface area (Å²) in [5.41, 5.74) is 6.03. The summed E-state index contributed by atoms with van der Waals surface area (Å²) in [6.07, 6.45) is 3.33. The zero-order valence-corrected chi connectivity index (χ0v) is 11.7. The zero-order chi connectivity index (χ0) is 15.9. The number of hydrogen-bond donors (Lipinski definition) is 3. The molecule has 9 heteroatoms. The molecular weight excluding hydrogens is 288 g/mol. The van der Waals surface area contributed by atoms with Crippen molar-refractivity contribution in [2.45, 2.75) is 6.42 Å². The Bertz CT molecular complexity index is 637. The van der Waals surface area contributed by atoms with Gasteiger partial charge in [0.2, 0.25) is 11.8 Å². The van der Waals surface area contributed by atoms with Crippen molar-refractivity contribution < 1.29 is 10.0 Å². The molecule has 9 nitrogen and oxygen atoms in total. The Kier molecular flexibility index (Phi) is 5.15. The normalized spacial score (nSPS) is 11.9. The quantitative estimate of drug-likeness (QED) is 0.499. The molecule has 2 heterocycles. The lowest BCUT2D eigenvalue weighted by atomic mass is 10.0. The average molecular weight is 304 g/mol. The highest BCUT2D eigenvalue weighted by atomic mass is 16.6. The Hall–Kier alpha value is -2.81. The predicted molar refractivity (Wildman–Crippen MR) is 80.1 cm³/mol. The van der Waals surface area contributed by atoms with Gasteiger partial charge in [0.1, 0.15) is 6.20 Å². The second-order valence-electron chi connectivity index (χ2n) is 4.68. The number of nitrogens with zero attached hydrogens (tertiary/aromatic N) is 4. The van der Waals surface area contributed by atoms with Crippen LogP contribution in [0.3, 0.4) is 0 Å². The third kappa shape index (κ3) is 4.09. The summed E-state index contributed by atoms with van der Waals surface area (Å²) in [5, 5.41) is 23.0. The van der Waals surface area contributed by atoms with Gasteiger partial charge in [0.15, 0.2) is 0 Å². The first-order chi connectivity index (χ1) is 10.6. The zero-order valence-electron chi connectivity index (χ0n) is 11.7. The van der Waals surface area contributed by atoms with Crippen LogP contribution in [-0.4, -0.2) is 38.1 Å². The number of aliphatic hydroxyl groups is 1. The molecule has 0 aliphatic rings. The maximum atomic E-state index is 10.6. The van der Waals surface area contributed by atoms with Crippen molar-refractivity contribution in [2.75, 3.05) is 24.2 Å². The molecule has 0 aromatic carbocycles. The predicted octanol–water partition coefficient (Wildman–Crippen LogP) is 0.625. The second-order valence-corrected chi connectivity index (χ2v) is 4.68. The first-order valence-corrected chi connectivity index (χ1v) is 6.61. The van der Waals surface area contributed by atoms with E-state index in [0.29, 0.717) is 13.0 Å². The number of nitrogens with two attached hydrogens (primary N) is 1. The molecule has 0 fully saturated rings. The third-order valence-electron chi connectivity index (χ3n) is 3.03. The van der Waals surface area contributed by atoms with Gasteiger partial charge in [-0.15, -0.1) is 0 Å². The molecule has 2 rings (SSSR count). The van der Waals surface area contributed by atoms with Gasteiger partial charge in [0.25, 0.3) is 0 Å². The molecule has 0 aliphatic heterocycles. The van der Waals surface area contributed by atoms with Gasteiger partial charge in [-0.2, -0.15) is 4.98 Å². The van der Waals surface area contributed by atoms with Gasteiger partial charge in [-0.3, -0.25) is 15.1 Å². The third-order valence-corrected chi connectivity index (χ3v) is 3.03. The standard InChI is InChI=1S/C13H16N6O3/c14-12-11(19(21)22)7-17-13(18-12)16-6-9(8-20)5-10-3-1-2-4-15-10/h1-4,7,9,20H,5-6,8H2,(H3,14,16,17,18). The Balaban J connectivity index is 1.96. The fourth-order valence-electron chi connectivity index (χ4n) is 1.87. The molecule has 1 unspecified atom stereocenters. The van der Waals surface area contributed by atoms with E-state index >= 15 is 0 Å². The molecule has 0 saturated carbocycles. The molecular formula is C13H16N6O3. The molecule has 0 bridgehead atoms. The lowest BCUT2D eigenvalue weighted by molar-refractivity contribution is -0.384. The van der Waals surface area contributed by atoms with Crippen molar-refractivity contribution >= 4 is 17.5 Å². The number of aliphatic hydroxyl groups excluding tert-OH is 1. The summed E-state index contributed by atoms with van der Waals surface area (Å²) >= 11 is 0. The number of pyridine rings is 1. The lowest BCUT2D eigenvalue weighted by Crippen LogP contribution is -2.22. The first-order valence-electron chi connectivity index (χ1n) is 6.61. The van der Waals surface area contributed by atoms with Crippen LogP contribution in [0, 0.1) is 16.0 Å². The number of nitrogen functional groups attached to an aromatic ring is 1. The second kappa shape index (κ2) is 7.27. The van der Waals surface area contributed by atoms with Crippen LogP contribution in [0.15, 0.2) is 30.6 Å². The maximum Gasteiger partial charge on any atom is 0.329 e. The van der Waals surface area contributed by atoms with Crippen LogP contribution in [0.5, 0.6) is 0 Å². The Morgan fingerprint density at radius 3 is 2.82 bits per heavy atom. The number of anilines is 2. The largest absolute Gasteiger partial charge is 0.396 e. The van der Waals surface area contributed by atoms with Gasteiger partial charge in [-0.25, -0.2) is 4.98 Å². The molecule has 1 atom stereocenters. The van der Waals surface area contributed by atoms with Crippen molar-refractivity contribution in [3.63, 3.8) is 0 Å². The summed E-state index contributed by atoms with van der Waals surface area (Å²) in [6, 6.07) is 5.58. The maximum absolute atomic E-state index is 10.6. The summed E-state index contributed by atoms with van der Waals surface area (Å²) in [7, 11) is 0. The van der Waals surface area contributed by atoms with E-state index in [1.165, 1.54) is 0 Å². The van der Waals surface area contributed by atoms with Gasteiger partial charge in [-0.05, 0) is 18.6 Å². The minimum atomic E-state index is -0.642. The summed E-state index contributed by atoms with van der Waals surface area (Å²) in [4.78, 5) is 21.9. The summed E-state index contributed by atoms with van der Waals surface area (Å²) in [5.74, 6) is -0.106. The van der Waals surface area contributed by atoms with Crippen molar-refractivity contribution in [3.8, 4) is 0 Å². The number of nitrogens with one attached hydrogen (secondary N) is 1. The SMILES string of the molecule is Nc1nc(NCC(CO)Cc2ccccn2)ncc1[N+](=O)[O-]. The van der Waals surface area contributed by atoms with E-state index in [0.717, 1.165) is 11.9 Å². The number of aromatic nitrogens is 3. The van der Waals surface area contributed by atoms with Crippen LogP contribution < -0.4 is 11.1 Å². The highest BCUT2D eigenvalue weighted by Crippen LogP contribution is 2.18. The van der Waals surface area contributed by atoms with E-state index < -0.39 is 4.92 Å². The fraction of sp³-hybridized carbons (Fsp3) is 0.308.